The predicted molar refractivity (Wildman–Crippen MR) is 141 cm³/mol. The third kappa shape index (κ3) is 4.85. The molecular formula is C30H29NO7. The molecule has 3 aromatic carbocycles. The van der Waals surface area contributed by atoms with Crippen LogP contribution in [-0.4, -0.2) is 49.0 Å². The van der Waals surface area contributed by atoms with Gasteiger partial charge in [-0.1, -0.05) is 30.3 Å². The van der Waals surface area contributed by atoms with Crippen molar-refractivity contribution in [1.29, 1.82) is 0 Å². The van der Waals surface area contributed by atoms with Crippen LogP contribution in [-0.2, 0) is 20.9 Å². The highest BCUT2D eigenvalue weighted by Crippen LogP contribution is 2.42. The Morgan fingerprint density at radius 1 is 0.921 bits per heavy atom. The van der Waals surface area contributed by atoms with Crippen LogP contribution in [0.3, 0.4) is 0 Å². The topological polar surface area (TPSA) is 102 Å². The number of likely N-dealkylation sites (tertiary alicyclic amines) is 1. The van der Waals surface area contributed by atoms with Gasteiger partial charge in [0.2, 0.25) is 0 Å². The van der Waals surface area contributed by atoms with Crippen LogP contribution < -0.4 is 9.47 Å². The number of Topliss-reactive ketones (excluding diaryl/α,β-unsaturated/α-hetero) is 1. The Bertz CT molecular complexity index is 1420. The van der Waals surface area contributed by atoms with Crippen molar-refractivity contribution in [3.63, 3.8) is 0 Å². The number of carbonyl (C=O) groups excluding carboxylic acids is 3. The number of ketones is 1. The summed E-state index contributed by atoms with van der Waals surface area (Å²) in [5.41, 5.74) is 3.65. The van der Waals surface area contributed by atoms with Gasteiger partial charge in [-0.3, -0.25) is 9.59 Å². The lowest BCUT2D eigenvalue weighted by Gasteiger charge is -2.26. The molecule has 1 unspecified atom stereocenters. The zero-order valence-corrected chi connectivity index (χ0v) is 21.9. The van der Waals surface area contributed by atoms with Gasteiger partial charge >= 0.3 is 5.97 Å². The molecule has 0 bridgehead atoms. The van der Waals surface area contributed by atoms with E-state index in [-0.39, 0.29) is 17.9 Å². The maximum atomic E-state index is 13.4. The van der Waals surface area contributed by atoms with Gasteiger partial charge in [0.15, 0.2) is 0 Å². The molecule has 8 heteroatoms. The van der Waals surface area contributed by atoms with E-state index in [1.165, 1.54) is 19.1 Å². The van der Waals surface area contributed by atoms with Crippen LogP contribution >= 0.6 is 0 Å². The molecule has 38 heavy (non-hydrogen) atoms. The summed E-state index contributed by atoms with van der Waals surface area (Å²) in [6.45, 7) is 3.80. The summed E-state index contributed by atoms with van der Waals surface area (Å²) in [7, 11) is 4.34. The number of hydrogen-bond acceptors (Lipinski definition) is 7. The molecule has 1 amide bonds. The van der Waals surface area contributed by atoms with Gasteiger partial charge in [0.05, 0.1) is 44.1 Å². The molecule has 1 heterocycles. The fraction of sp³-hybridized carbons (Fsp3) is 0.233. The van der Waals surface area contributed by atoms with E-state index in [0.717, 1.165) is 11.1 Å². The maximum absolute atomic E-state index is 13.4. The van der Waals surface area contributed by atoms with Gasteiger partial charge < -0.3 is 24.2 Å². The summed E-state index contributed by atoms with van der Waals surface area (Å²) in [5, 5.41) is 11.5. The Hall–Kier alpha value is -4.59. The van der Waals surface area contributed by atoms with Crippen molar-refractivity contribution in [2.45, 2.75) is 26.4 Å². The predicted octanol–water partition coefficient (Wildman–Crippen LogP) is 4.73. The number of amides is 1. The Balaban J connectivity index is 1.86. The fourth-order valence-corrected chi connectivity index (χ4v) is 4.78. The van der Waals surface area contributed by atoms with Crippen molar-refractivity contribution in [2.75, 3.05) is 21.3 Å². The van der Waals surface area contributed by atoms with Crippen LogP contribution in [0.4, 0.5) is 0 Å². The second-order valence-electron chi connectivity index (χ2n) is 9.05. The molecule has 0 aliphatic carbocycles. The van der Waals surface area contributed by atoms with Gasteiger partial charge in [0, 0.05) is 6.54 Å². The SMILES string of the molecule is COC(=O)c1ccc(CN2C(=O)C(=O)/C(=C(/O)c3cc(C)cc(C)c3OC)C2c2ccc(OC)cc2)cc1. The summed E-state index contributed by atoms with van der Waals surface area (Å²) >= 11 is 0. The molecule has 0 saturated carbocycles. The molecule has 0 spiro atoms. The van der Waals surface area contributed by atoms with E-state index in [0.29, 0.717) is 33.8 Å². The van der Waals surface area contributed by atoms with Crippen LogP contribution in [0.2, 0.25) is 0 Å². The molecule has 0 aromatic heterocycles. The van der Waals surface area contributed by atoms with Gasteiger partial charge in [-0.15, -0.1) is 0 Å². The van der Waals surface area contributed by atoms with E-state index in [4.69, 9.17) is 14.2 Å². The summed E-state index contributed by atoms with van der Waals surface area (Å²) in [4.78, 5) is 40.1. The number of rotatable bonds is 7. The lowest BCUT2D eigenvalue weighted by Crippen LogP contribution is -2.29. The Morgan fingerprint density at radius 2 is 1.58 bits per heavy atom. The standard InChI is InChI=1S/C30H29NO7/c1-17-14-18(2)28(37-4)23(15-17)26(32)24-25(20-10-12-22(36-3)13-11-20)31(29(34)27(24)33)16-19-6-8-21(9-7-19)30(35)38-5/h6-15,25,32H,16H2,1-5H3/b26-24+. The Labute approximate surface area is 221 Å². The summed E-state index contributed by atoms with van der Waals surface area (Å²) in [5.74, 6) is -1.29. The largest absolute Gasteiger partial charge is 0.507 e. The van der Waals surface area contributed by atoms with Crippen molar-refractivity contribution >= 4 is 23.4 Å². The minimum Gasteiger partial charge on any atom is -0.507 e. The van der Waals surface area contributed by atoms with Crippen molar-refractivity contribution in [3.05, 3.63) is 99.6 Å². The van der Waals surface area contributed by atoms with E-state index >= 15 is 0 Å². The molecule has 8 nitrogen and oxygen atoms in total. The van der Waals surface area contributed by atoms with E-state index in [1.54, 1.807) is 61.7 Å². The average Bonchev–Trinajstić information content (AvgIpc) is 3.17. The van der Waals surface area contributed by atoms with Crippen LogP contribution in [0, 0.1) is 13.8 Å². The van der Waals surface area contributed by atoms with Crippen molar-refractivity contribution in [3.8, 4) is 11.5 Å². The van der Waals surface area contributed by atoms with Gasteiger partial charge in [-0.2, -0.15) is 0 Å². The van der Waals surface area contributed by atoms with Crippen molar-refractivity contribution < 1.29 is 33.7 Å². The first-order chi connectivity index (χ1) is 18.2. The second-order valence-corrected chi connectivity index (χ2v) is 9.05. The van der Waals surface area contributed by atoms with E-state index < -0.39 is 23.7 Å². The van der Waals surface area contributed by atoms with E-state index in [2.05, 4.69) is 0 Å². The number of benzene rings is 3. The first-order valence-electron chi connectivity index (χ1n) is 11.9. The van der Waals surface area contributed by atoms with Gasteiger partial charge in [-0.25, -0.2) is 4.79 Å². The van der Waals surface area contributed by atoms with Crippen molar-refractivity contribution in [2.24, 2.45) is 0 Å². The van der Waals surface area contributed by atoms with Crippen LogP contribution in [0.15, 0.2) is 66.2 Å². The molecule has 1 N–H and O–H groups in total. The molecule has 1 saturated heterocycles. The number of esters is 1. The Kier molecular flexibility index (Phi) is 7.52. The zero-order chi connectivity index (χ0) is 27.6. The normalized spacial score (nSPS) is 16.4. The number of aryl methyl sites for hydroxylation is 2. The zero-order valence-electron chi connectivity index (χ0n) is 21.9. The van der Waals surface area contributed by atoms with E-state index in [9.17, 15) is 19.5 Å². The molecule has 0 radical (unpaired) electrons. The second kappa shape index (κ2) is 10.8. The summed E-state index contributed by atoms with van der Waals surface area (Å²) in [6.07, 6.45) is 0. The first kappa shape index (κ1) is 26.5. The molecule has 4 rings (SSSR count). The summed E-state index contributed by atoms with van der Waals surface area (Å²) in [6, 6.07) is 16.3. The maximum Gasteiger partial charge on any atom is 0.337 e. The molecule has 1 fully saturated rings. The van der Waals surface area contributed by atoms with Crippen molar-refractivity contribution in [1.82, 2.24) is 4.90 Å². The molecule has 196 valence electrons. The van der Waals surface area contributed by atoms with Crippen LogP contribution in [0.5, 0.6) is 11.5 Å². The van der Waals surface area contributed by atoms with Gasteiger partial charge in [0.25, 0.3) is 11.7 Å². The minimum absolute atomic E-state index is 0.0327. The third-order valence-corrected chi connectivity index (χ3v) is 6.58. The number of hydrogen-bond donors (Lipinski definition) is 1. The average molecular weight is 516 g/mol. The van der Waals surface area contributed by atoms with Crippen LogP contribution in [0.1, 0.15) is 44.2 Å². The highest BCUT2D eigenvalue weighted by atomic mass is 16.5. The Morgan fingerprint density at radius 3 is 2.16 bits per heavy atom. The smallest absolute Gasteiger partial charge is 0.337 e. The quantitative estimate of drug-likeness (QED) is 0.210. The number of ether oxygens (including phenoxy) is 3. The lowest BCUT2D eigenvalue weighted by atomic mass is 9.93. The number of methoxy groups -OCH3 is 3. The number of aliphatic hydroxyl groups excluding tert-OH is 1. The summed E-state index contributed by atoms with van der Waals surface area (Å²) < 4.78 is 15.6. The van der Waals surface area contributed by atoms with Gasteiger partial charge in [-0.05, 0) is 66.4 Å². The fourth-order valence-electron chi connectivity index (χ4n) is 4.78. The molecule has 1 aliphatic heterocycles. The number of nitrogens with zero attached hydrogens (tertiary/aromatic N) is 1. The minimum atomic E-state index is -0.869. The highest BCUT2D eigenvalue weighted by Gasteiger charge is 2.46. The number of aliphatic hydroxyl groups is 1. The third-order valence-electron chi connectivity index (χ3n) is 6.58. The lowest BCUT2D eigenvalue weighted by molar-refractivity contribution is -0.140. The molecule has 3 aromatic rings. The van der Waals surface area contributed by atoms with Gasteiger partial charge in [0.1, 0.15) is 17.3 Å². The number of carbonyl (C=O) groups is 3. The van der Waals surface area contributed by atoms with Crippen LogP contribution in [0.25, 0.3) is 5.76 Å². The first-order valence-corrected chi connectivity index (χ1v) is 11.9. The molecule has 1 atom stereocenters. The molecular weight excluding hydrogens is 486 g/mol. The monoisotopic (exact) mass is 515 g/mol. The highest BCUT2D eigenvalue weighted by molar-refractivity contribution is 6.46. The molecule has 1 aliphatic rings. The van der Waals surface area contributed by atoms with E-state index in [1.807, 2.05) is 19.9 Å².